The van der Waals surface area contributed by atoms with Gasteiger partial charge in [0.1, 0.15) is 5.78 Å². The van der Waals surface area contributed by atoms with Gasteiger partial charge in [0, 0.05) is 12.8 Å². The van der Waals surface area contributed by atoms with Crippen molar-refractivity contribution >= 4 is 18.2 Å². The zero-order chi connectivity index (χ0) is 13.9. The predicted octanol–water partition coefficient (Wildman–Crippen LogP) is 1.79. The molecule has 0 atom stereocenters. The van der Waals surface area contributed by atoms with E-state index in [1.165, 1.54) is 5.56 Å². The van der Waals surface area contributed by atoms with E-state index >= 15 is 0 Å². The third kappa shape index (κ3) is 2.83. The third-order valence-electron chi connectivity index (χ3n) is 3.90. The van der Waals surface area contributed by atoms with Gasteiger partial charge in [-0.05, 0) is 29.3 Å². The van der Waals surface area contributed by atoms with Crippen molar-refractivity contribution in [1.29, 1.82) is 0 Å². The lowest BCUT2D eigenvalue weighted by Crippen LogP contribution is -2.26. The second kappa shape index (κ2) is 5.64. The minimum atomic E-state index is -0.353. The summed E-state index contributed by atoms with van der Waals surface area (Å²) in [6, 6.07) is 15.9. The second-order valence-corrected chi connectivity index (χ2v) is 5.47. The van der Waals surface area contributed by atoms with Crippen LogP contribution in [0.25, 0.3) is 0 Å². The molecule has 1 aliphatic heterocycles. The molecular weight excluding hydrogens is 247 g/mol. The molecule has 0 bridgehead atoms. The first-order chi connectivity index (χ1) is 9.72. The molecular formula is C17H17BO2. The van der Waals surface area contributed by atoms with Crippen molar-refractivity contribution in [1.82, 2.24) is 0 Å². The SMILES string of the molecule is O=C(Cc1ccccc1)Cc1ccc2c(c1)B(O)CC2. The molecule has 0 saturated heterocycles. The fraction of sp³-hybridized carbons (Fsp3) is 0.235. The standard InChI is InChI=1S/C17H17BO2/c19-16(10-13-4-2-1-3-5-13)11-14-6-7-15-8-9-18(20)17(15)12-14/h1-7,12,20H,8-11H2. The molecule has 3 heteroatoms. The zero-order valence-electron chi connectivity index (χ0n) is 11.4. The zero-order valence-corrected chi connectivity index (χ0v) is 11.4. The Morgan fingerprint density at radius 2 is 1.80 bits per heavy atom. The number of carbonyl (C=O) groups is 1. The summed E-state index contributed by atoms with van der Waals surface area (Å²) in [5.41, 5.74) is 4.29. The van der Waals surface area contributed by atoms with Crippen LogP contribution in [0.2, 0.25) is 6.32 Å². The Bertz CT molecular complexity index is 622. The third-order valence-corrected chi connectivity index (χ3v) is 3.90. The lowest BCUT2D eigenvalue weighted by atomic mass is 9.63. The lowest BCUT2D eigenvalue weighted by molar-refractivity contribution is -0.117. The summed E-state index contributed by atoms with van der Waals surface area (Å²) in [5, 5.41) is 9.89. The average Bonchev–Trinajstić information content (AvgIpc) is 2.81. The maximum absolute atomic E-state index is 12.1. The van der Waals surface area contributed by atoms with E-state index in [0.717, 1.165) is 29.3 Å². The van der Waals surface area contributed by atoms with Crippen molar-refractivity contribution < 1.29 is 9.82 Å². The Labute approximate surface area is 119 Å². The highest BCUT2D eigenvalue weighted by molar-refractivity contribution is 6.68. The van der Waals surface area contributed by atoms with E-state index in [-0.39, 0.29) is 12.7 Å². The molecule has 0 amide bonds. The molecule has 0 spiro atoms. The molecule has 2 nitrogen and oxygen atoms in total. The van der Waals surface area contributed by atoms with Crippen LogP contribution in [0.1, 0.15) is 16.7 Å². The monoisotopic (exact) mass is 264 g/mol. The number of ketones is 1. The van der Waals surface area contributed by atoms with Crippen molar-refractivity contribution in [2.75, 3.05) is 0 Å². The van der Waals surface area contributed by atoms with E-state index in [1.54, 1.807) is 0 Å². The fourth-order valence-electron chi connectivity index (χ4n) is 2.85. The first kappa shape index (κ1) is 13.1. The van der Waals surface area contributed by atoms with Gasteiger partial charge in [0.15, 0.2) is 0 Å². The van der Waals surface area contributed by atoms with Crippen molar-refractivity contribution in [3.8, 4) is 0 Å². The summed E-state index contributed by atoms with van der Waals surface area (Å²) in [7, 11) is 0. The second-order valence-electron chi connectivity index (χ2n) is 5.47. The van der Waals surface area contributed by atoms with Crippen LogP contribution < -0.4 is 5.46 Å². The molecule has 0 aliphatic carbocycles. The summed E-state index contributed by atoms with van der Waals surface area (Å²) in [4.78, 5) is 12.1. The summed E-state index contributed by atoms with van der Waals surface area (Å²) < 4.78 is 0. The highest BCUT2D eigenvalue weighted by Gasteiger charge is 2.24. The first-order valence-electron chi connectivity index (χ1n) is 7.08. The van der Waals surface area contributed by atoms with Crippen LogP contribution in [-0.4, -0.2) is 17.7 Å². The van der Waals surface area contributed by atoms with Crippen molar-refractivity contribution in [3.63, 3.8) is 0 Å². The Morgan fingerprint density at radius 1 is 1.05 bits per heavy atom. The lowest BCUT2D eigenvalue weighted by Gasteiger charge is -2.06. The summed E-state index contributed by atoms with van der Waals surface area (Å²) in [6.07, 6.45) is 2.65. The van der Waals surface area contributed by atoms with Gasteiger partial charge < -0.3 is 5.02 Å². The molecule has 1 heterocycles. The van der Waals surface area contributed by atoms with Crippen LogP contribution in [0.15, 0.2) is 48.5 Å². The van der Waals surface area contributed by atoms with Gasteiger partial charge in [0.05, 0.1) is 0 Å². The molecule has 0 radical (unpaired) electrons. The Hall–Kier alpha value is -1.87. The number of hydrogen-bond donors (Lipinski definition) is 1. The largest absolute Gasteiger partial charge is 0.446 e. The molecule has 1 N–H and O–H groups in total. The van der Waals surface area contributed by atoms with Gasteiger partial charge >= 0.3 is 6.92 Å². The Kier molecular flexibility index (Phi) is 3.70. The number of carbonyl (C=O) groups excluding carboxylic acids is 1. The Balaban J connectivity index is 1.69. The van der Waals surface area contributed by atoms with Crippen LogP contribution >= 0.6 is 0 Å². The minimum absolute atomic E-state index is 0.212. The number of fused-ring (bicyclic) bond motifs is 1. The smallest absolute Gasteiger partial charge is 0.324 e. The molecule has 0 saturated carbocycles. The van der Waals surface area contributed by atoms with Gasteiger partial charge in [-0.2, -0.15) is 0 Å². The van der Waals surface area contributed by atoms with E-state index in [2.05, 4.69) is 6.07 Å². The van der Waals surface area contributed by atoms with Gasteiger partial charge in [-0.1, -0.05) is 54.1 Å². The Morgan fingerprint density at radius 3 is 2.60 bits per heavy atom. The van der Waals surface area contributed by atoms with Crippen molar-refractivity contribution in [3.05, 3.63) is 65.2 Å². The molecule has 100 valence electrons. The number of hydrogen-bond acceptors (Lipinski definition) is 2. The van der Waals surface area contributed by atoms with Gasteiger partial charge in [-0.3, -0.25) is 4.79 Å². The van der Waals surface area contributed by atoms with E-state index < -0.39 is 0 Å². The van der Waals surface area contributed by atoms with Crippen LogP contribution in [-0.2, 0) is 24.1 Å². The summed E-state index contributed by atoms with van der Waals surface area (Å²) in [5.74, 6) is 0.212. The van der Waals surface area contributed by atoms with Gasteiger partial charge in [0.2, 0.25) is 0 Å². The fourth-order valence-corrected chi connectivity index (χ4v) is 2.85. The molecule has 3 rings (SSSR count). The molecule has 0 aromatic heterocycles. The molecule has 20 heavy (non-hydrogen) atoms. The number of aryl methyl sites for hydroxylation is 1. The van der Waals surface area contributed by atoms with E-state index in [9.17, 15) is 9.82 Å². The van der Waals surface area contributed by atoms with Gasteiger partial charge in [-0.15, -0.1) is 0 Å². The van der Waals surface area contributed by atoms with Crippen LogP contribution in [0.3, 0.4) is 0 Å². The minimum Gasteiger partial charge on any atom is -0.446 e. The normalized spacial score (nSPS) is 13.3. The van der Waals surface area contributed by atoms with Crippen LogP contribution in [0.4, 0.5) is 0 Å². The molecule has 1 aliphatic rings. The maximum atomic E-state index is 12.1. The van der Waals surface area contributed by atoms with E-state index in [4.69, 9.17) is 0 Å². The van der Waals surface area contributed by atoms with Crippen molar-refractivity contribution in [2.45, 2.75) is 25.6 Å². The number of benzene rings is 2. The highest BCUT2D eigenvalue weighted by atomic mass is 16.2. The summed E-state index contributed by atoms with van der Waals surface area (Å²) in [6.45, 7) is -0.353. The molecule has 0 unspecified atom stereocenters. The highest BCUT2D eigenvalue weighted by Crippen LogP contribution is 2.15. The van der Waals surface area contributed by atoms with E-state index in [1.807, 2.05) is 42.5 Å². The first-order valence-corrected chi connectivity index (χ1v) is 7.08. The van der Waals surface area contributed by atoms with E-state index in [0.29, 0.717) is 12.8 Å². The quantitative estimate of drug-likeness (QED) is 0.855. The number of rotatable bonds is 4. The average molecular weight is 264 g/mol. The van der Waals surface area contributed by atoms with Crippen LogP contribution in [0.5, 0.6) is 0 Å². The predicted molar refractivity (Wildman–Crippen MR) is 81.4 cm³/mol. The van der Waals surface area contributed by atoms with Crippen LogP contribution in [0, 0.1) is 0 Å². The molecule has 2 aromatic carbocycles. The molecule has 0 fully saturated rings. The maximum Gasteiger partial charge on any atom is 0.324 e. The number of Topliss-reactive ketones (excluding diaryl/α,β-unsaturated/α-hetero) is 1. The summed E-state index contributed by atoms with van der Waals surface area (Å²) >= 11 is 0. The van der Waals surface area contributed by atoms with Gasteiger partial charge in [0.25, 0.3) is 0 Å². The van der Waals surface area contributed by atoms with Crippen molar-refractivity contribution in [2.24, 2.45) is 0 Å². The van der Waals surface area contributed by atoms with Gasteiger partial charge in [-0.25, -0.2) is 0 Å². The molecule has 2 aromatic rings. The topological polar surface area (TPSA) is 37.3 Å².